The lowest BCUT2D eigenvalue weighted by Crippen LogP contribution is -2.01. The van der Waals surface area contributed by atoms with E-state index in [0.29, 0.717) is 12.8 Å². The summed E-state index contributed by atoms with van der Waals surface area (Å²) in [7, 11) is 1.40. The molecule has 1 saturated heterocycles. The van der Waals surface area contributed by atoms with Crippen LogP contribution in [0.15, 0.2) is 36.5 Å². The molecule has 0 saturated carbocycles. The molecule has 0 aromatic carbocycles. The van der Waals surface area contributed by atoms with Gasteiger partial charge in [-0.1, -0.05) is 56.2 Å². The minimum absolute atomic E-state index is 0.152. The molecule has 25 heavy (non-hydrogen) atoms. The van der Waals surface area contributed by atoms with Gasteiger partial charge in [-0.3, -0.25) is 4.79 Å². The van der Waals surface area contributed by atoms with E-state index >= 15 is 0 Å². The summed E-state index contributed by atoms with van der Waals surface area (Å²) in [5.41, 5.74) is 0. The summed E-state index contributed by atoms with van der Waals surface area (Å²) >= 11 is 0. The van der Waals surface area contributed by atoms with Crippen LogP contribution in [0.2, 0.25) is 0 Å². The van der Waals surface area contributed by atoms with Crippen molar-refractivity contribution in [1.29, 1.82) is 0 Å². The molecule has 1 aliphatic rings. The second-order valence-electron chi connectivity index (χ2n) is 6.47. The fraction of sp³-hybridized carbons (Fsp3) is 0.667. The van der Waals surface area contributed by atoms with Gasteiger partial charge in [-0.15, -0.1) is 0 Å². The molecule has 4 heteroatoms. The fourth-order valence-electron chi connectivity index (χ4n) is 2.51. The van der Waals surface area contributed by atoms with Crippen LogP contribution >= 0.6 is 0 Å². The van der Waals surface area contributed by atoms with Crippen LogP contribution in [0.1, 0.15) is 64.7 Å². The topological polar surface area (TPSA) is 59.1 Å². The number of epoxide rings is 1. The third-order valence-electron chi connectivity index (χ3n) is 4.18. The first-order chi connectivity index (χ1) is 12.2. The van der Waals surface area contributed by atoms with Gasteiger partial charge in [0.15, 0.2) is 0 Å². The van der Waals surface area contributed by atoms with Crippen molar-refractivity contribution < 1.29 is 19.4 Å². The summed E-state index contributed by atoms with van der Waals surface area (Å²) in [4.78, 5) is 10.9. The number of hydrogen-bond acceptors (Lipinski definition) is 4. The molecule has 1 aliphatic heterocycles. The van der Waals surface area contributed by atoms with Gasteiger partial charge in [0.25, 0.3) is 0 Å². The quantitative estimate of drug-likeness (QED) is 0.217. The molecule has 0 spiro atoms. The minimum Gasteiger partial charge on any atom is -0.469 e. The van der Waals surface area contributed by atoms with Gasteiger partial charge in [0.1, 0.15) is 6.10 Å². The van der Waals surface area contributed by atoms with E-state index in [-0.39, 0.29) is 18.2 Å². The van der Waals surface area contributed by atoms with E-state index < -0.39 is 6.10 Å². The molecular formula is C21H34O4. The number of unbranched alkanes of at least 4 members (excludes halogenated alkanes) is 4. The molecule has 0 aromatic heterocycles. The van der Waals surface area contributed by atoms with Crippen molar-refractivity contribution in [3.63, 3.8) is 0 Å². The number of ether oxygens (including phenoxy) is 2. The lowest BCUT2D eigenvalue weighted by Gasteiger charge is -2.00. The summed E-state index contributed by atoms with van der Waals surface area (Å²) in [5, 5.41) is 9.91. The Hall–Kier alpha value is -1.39. The number of esters is 1. The number of rotatable bonds is 14. The summed E-state index contributed by atoms with van der Waals surface area (Å²) in [6.45, 7) is 2.22. The zero-order chi connectivity index (χ0) is 18.3. The highest BCUT2D eigenvalue weighted by Gasteiger charge is 2.34. The molecule has 0 radical (unpaired) electrons. The highest BCUT2D eigenvalue weighted by molar-refractivity contribution is 5.69. The normalized spacial score (nSPS) is 21.4. The highest BCUT2D eigenvalue weighted by Crippen LogP contribution is 2.27. The van der Waals surface area contributed by atoms with Gasteiger partial charge in [-0.25, -0.2) is 0 Å². The van der Waals surface area contributed by atoms with Crippen LogP contribution in [0.3, 0.4) is 0 Å². The van der Waals surface area contributed by atoms with E-state index in [2.05, 4.69) is 23.8 Å². The average Bonchev–Trinajstić information content (AvgIpc) is 3.37. The molecular weight excluding hydrogens is 316 g/mol. The van der Waals surface area contributed by atoms with Gasteiger partial charge in [0.2, 0.25) is 0 Å². The van der Waals surface area contributed by atoms with Crippen LogP contribution in [-0.4, -0.2) is 36.5 Å². The molecule has 1 N–H and O–H groups in total. The van der Waals surface area contributed by atoms with E-state index in [1.165, 1.54) is 26.4 Å². The summed E-state index contributed by atoms with van der Waals surface area (Å²) in [5.74, 6) is -0.175. The van der Waals surface area contributed by atoms with Crippen LogP contribution in [0.25, 0.3) is 0 Å². The average molecular weight is 350 g/mol. The number of carbonyl (C=O) groups is 1. The first-order valence-electron chi connectivity index (χ1n) is 9.56. The molecule has 0 aliphatic carbocycles. The van der Waals surface area contributed by atoms with Crippen molar-refractivity contribution in [3.05, 3.63) is 36.5 Å². The van der Waals surface area contributed by atoms with Crippen molar-refractivity contribution in [2.24, 2.45) is 0 Å². The number of carbonyl (C=O) groups excluding carboxylic acids is 1. The third kappa shape index (κ3) is 11.7. The lowest BCUT2D eigenvalue weighted by atomic mass is 10.1. The predicted octanol–water partition coefficient (Wildman–Crippen LogP) is 4.49. The van der Waals surface area contributed by atoms with E-state index in [4.69, 9.17) is 4.74 Å². The first kappa shape index (κ1) is 21.7. The van der Waals surface area contributed by atoms with Gasteiger partial charge < -0.3 is 14.6 Å². The minimum atomic E-state index is -0.480. The van der Waals surface area contributed by atoms with Crippen molar-refractivity contribution in [1.82, 2.24) is 0 Å². The van der Waals surface area contributed by atoms with Crippen molar-refractivity contribution in [3.8, 4) is 0 Å². The smallest absolute Gasteiger partial charge is 0.305 e. The molecule has 0 amide bonds. The fourth-order valence-corrected chi connectivity index (χ4v) is 2.51. The molecule has 142 valence electrons. The van der Waals surface area contributed by atoms with Crippen molar-refractivity contribution in [2.75, 3.05) is 7.11 Å². The largest absolute Gasteiger partial charge is 0.469 e. The van der Waals surface area contributed by atoms with Crippen LogP contribution in [-0.2, 0) is 14.3 Å². The third-order valence-corrected chi connectivity index (χ3v) is 4.18. The molecule has 3 unspecified atom stereocenters. The SMILES string of the molecule is CCCCC/C=C\CC1OC1/C=C/C(O)C/C=C\CCCC(=O)OC. The Balaban J connectivity index is 2.03. The lowest BCUT2D eigenvalue weighted by molar-refractivity contribution is -0.140. The maximum Gasteiger partial charge on any atom is 0.305 e. The van der Waals surface area contributed by atoms with Gasteiger partial charge >= 0.3 is 5.97 Å². The molecule has 4 nitrogen and oxygen atoms in total. The zero-order valence-electron chi connectivity index (χ0n) is 15.7. The molecule has 1 heterocycles. The number of hydrogen-bond donors (Lipinski definition) is 1. The Morgan fingerprint density at radius 3 is 2.68 bits per heavy atom. The van der Waals surface area contributed by atoms with Gasteiger partial charge in [0, 0.05) is 6.42 Å². The summed E-state index contributed by atoms with van der Waals surface area (Å²) in [6.07, 6.45) is 20.7. The molecule has 3 atom stereocenters. The predicted molar refractivity (Wildman–Crippen MR) is 101 cm³/mol. The second-order valence-corrected chi connectivity index (χ2v) is 6.47. The zero-order valence-corrected chi connectivity index (χ0v) is 15.7. The molecule has 1 rings (SSSR count). The Kier molecular flexibility index (Phi) is 12.0. The Morgan fingerprint density at radius 2 is 1.92 bits per heavy atom. The van der Waals surface area contributed by atoms with E-state index in [9.17, 15) is 9.90 Å². The van der Waals surface area contributed by atoms with Gasteiger partial charge in [-0.05, 0) is 38.5 Å². The number of allylic oxidation sites excluding steroid dienone is 2. The van der Waals surface area contributed by atoms with Gasteiger partial charge in [0.05, 0.1) is 19.3 Å². The summed E-state index contributed by atoms with van der Waals surface area (Å²) in [6, 6.07) is 0. The Bertz CT molecular complexity index is 439. The second kappa shape index (κ2) is 13.9. The number of aliphatic hydroxyl groups excluding tert-OH is 1. The molecule has 0 aromatic rings. The Labute approximate surface area is 152 Å². The van der Waals surface area contributed by atoms with Crippen LogP contribution in [0.5, 0.6) is 0 Å². The van der Waals surface area contributed by atoms with Crippen molar-refractivity contribution in [2.45, 2.75) is 83.0 Å². The van der Waals surface area contributed by atoms with E-state index in [1.54, 1.807) is 0 Å². The van der Waals surface area contributed by atoms with E-state index in [1.807, 2.05) is 24.3 Å². The van der Waals surface area contributed by atoms with Crippen LogP contribution < -0.4 is 0 Å². The first-order valence-corrected chi connectivity index (χ1v) is 9.56. The molecule has 0 bridgehead atoms. The maximum atomic E-state index is 10.9. The standard InChI is InChI=1S/C21H34O4/c1-3-4-5-6-7-11-14-19-20(25-19)17-16-18(22)13-10-8-9-12-15-21(23)24-2/h7-8,10-11,16-20,22H,3-6,9,12-15H2,1-2H3/b10-8-,11-7-,17-16+. The van der Waals surface area contributed by atoms with Crippen molar-refractivity contribution >= 4 is 5.97 Å². The monoisotopic (exact) mass is 350 g/mol. The van der Waals surface area contributed by atoms with Crippen LogP contribution in [0, 0.1) is 0 Å². The van der Waals surface area contributed by atoms with E-state index in [0.717, 1.165) is 25.7 Å². The molecule has 1 fully saturated rings. The van der Waals surface area contributed by atoms with Crippen LogP contribution in [0.4, 0.5) is 0 Å². The number of aliphatic hydroxyl groups is 1. The Morgan fingerprint density at radius 1 is 1.16 bits per heavy atom. The number of methoxy groups -OCH3 is 1. The highest BCUT2D eigenvalue weighted by atomic mass is 16.6. The maximum absolute atomic E-state index is 10.9. The van der Waals surface area contributed by atoms with Gasteiger partial charge in [-0.2, -0.15) is 0 Å². The summed E-state index contributed by atoms with van der Waals surface area (Å²) < 4.78 is 10.2.